The van der Waals surface area contributed by atoms with Gasteiger partial charge in [0.1, 0.15) is 11.5 Å². The summed E-state index contributed by atoms with van der Waals surface area (Å²) in [7, 11) is 0. The molecule has 7 nitrogen and oxygen atoms in total. The number of imidazole rings is 1. The number of nitrogens with one attached hydrogen (secondary N) is 1. The second-order valence-electron chi connectivity index (χ2n) is 9.89. The molecule has 0 radical (unpaired) electrons. The average Bonchev–Trinajstić information content (AvgIpc) is 3.21. The minimum Gasteiger partial charge on any atom is -0.390 e. The maximum absolute atomic E-state index is 13.0. The van der Waals surface area contributed by atoms with Crippen molar-refractivity contribution in [2.75, 3.05) is 44.2 Å². The first kappa shape index (κ1) is 32.9. The van der Waals surface area contributed by atoms with Crippen molar-refractivity contribution in [1.29, 1.82) is 0 Å². The van der Waals surface area contributed by atoms with E-state index in [9.17, 15) is 9.90 Å². The van der Waals surface area contributed by atoms with Gasteiger partial charge in [-0.3, -0.25) is 9.69 Å². The van der Waals surface area contributed by atoms with Crippen LogP contribution in [0.4, 0.5) is 5.69 Å². The summed E-state index contributed by atoms with van der Waals surface area (Å²) < 4.78 is 2.01. The molecule has 0 spiro atoms. The van der Waals surface area contributed by atoms with Crippen LogP contribution in [0.1, 0.15) is 46.5 Å². The SMILES string of the molecule is CCCc1nc(C(=O)NCC(O)CN2CCN(c3cccc(C)c3C)CC2)c(C)n1-c1ccc(Cl)cc1.Cl.Cl. The highest BCUT2D eigenvalue weighted by Crippen LogP contribution is 2.24. The van der Waals surface area contributed by atoms with Crippen molar-refractivity contribution in [3.05, 3.63) is 75.8 Å². The third-order valence-electron chi connectivity index (χ3n) is 7.21. The van der Waals surface area contributed by atoms with Gasteiger partial charge in [0.15, 0.2) is 0 Å². The predicted octanol–water partition coefficient (Wildman–Crippen LogP) is 5.16. The molecule has 2 N–H and O–H groups in total. The first-order valence-corrected chi connectivity index (χ1v) is 13.5. The van der Waals surface area contributed by atoms with Crippen LogP contribution in [0, 0.1) is 20.8 Å². The molecule has 1 aliphatic heterocycles. The number of aliphatic hydroxyl groups is 1. The Bertz CT molecular complexity index is 1220. The molecular weight excluding hydrogens is 557 g/mol. The molecule has 1 aliphatic rings. The number of halogens is 3. The molecule has 2 aromatic carbocycles. The summed E-state index contributed by atoms with van der Waals surface area (Å²) in [4.78, 5) is 22.4. The van der Waals surface area contributed by atoms with Gasteiger partial charge in [-0.1, -0.05) is 30.7 Å². The van der Waals surface area contributed by atoms with Crippen LogP contribution in [-0.2, 0) is 6.42 Å². The summed E-state index contributed by atoms with van der Waals surface area (Å²) >= 11 is 6.06. The lowest BCUT2D eigenvalue weighted by Gasteiger charge is -2.37. The van der Waals surface area contributed by atoms with Crippen LogP contribution < -0.4 is 10.2 Å². The zero-order chi connectivity index (χ0) is 26.5. The molecule has 1 unspecified atom stereocenters. The summed E-state index contributed by atoms with van der Waals surface area (Å²) in [5.41, 5.74) is 6.03. The number of rotatable bonds is 9. The van der Waals surface area contributed by atoms with Crippen molar-refractivity contribution in [3.8, 4) is 5.69 Å². The fourth-order valence-corrected chi connectivity index (χ4v) is 5.13. The quantitative estimate of drug-likeness (QED) is 0.357. The number of hydrogen-bond donors (Lipinski definition) is 2. The normalized spacial score (nSPS) is 14.4. The molecule has 0 bridgehead atoms. The minimum atomic E-state index is -0.648. The molecule has 1 atom stereocenters. The summed E-state index contributed by atoms with van der Waals surface area (Å²) in [5, 5.41) is 14.2. The van der Waals surface area contributed by atoms with Crippen molar-refractivity contribution < 1.29 is 9.90 Å². The van der Waals surface area contributed by atoms with Crippen LogP contribution in [0.5, 0.6) is 0 Å². The highest BCUT2D eigenvalue weighted by Gasteiger charge is 2.23. The van der Waals surface area contributed by atoms with E-state index in [0.29, 0.717) is 17.3 Å². The van der Waals surface area contributed by atoms with Gasteiger partial charge in [0, 0.05) is 62.1 Å². The van der Waals surface area contributed by atoms with Crippen molar-refractivity contribution >= 4 is 48.0 Å². The van der Waals surface area contributed by atoms with Crippen LogP contribution in [0.2, 0.25) is 5.02 Å². The maximum Gasteiger partial charge on any atom is 0.271 e. The lowest BCUT2D eigenvalue weighted by molar-refractivity contribution is 0.0847. The zero-order valence-electron chi connectivity index (χ0n) is 23.1. The molecule has 1 saturated heterocycles. The van der Waals surface area contributed by atoms with Crippen LogP contribution >= 0.6 is 36.4 Å². The van der Waals surface area contributed by atoms with Crippen molar-refractivity contribution in [2.45, 2.75) is 46.6 Å². The highest BCUT2D eigenvalue weighted by atomic mass is 35.5. The number of piperazine rings is 1. The van der Waals surface area contributed by atoms with Gasteiger partial charge in [0.25, 0.3) is 5.91 Å². The van der Waals surface area contributed by atoms with Gasteiger partial charge in [-0.05, 0) is 68.7 Å². The number of anilines is 1. The molecule has 214 valence electrons. The molecule has 10 heteroatoms. The number of nitrogens with zero attached hydrogens (tertiary/aromatic N) is 4. The molecule has 1 fully saturated rings. The van der Waals surface area contributed by atoms with Gasteiger partial charge in [-0.2, -0.15) is 0 Å². The van der Waals surface area contributed by atoms with E-state index >= 15 is 0 Å². The number of aliphatic hydroxyl groups excluding tert-OH is 1. The molecule has 4 rings (SSSR count). The molecule has 39 heavy (non-hydrogen) atoms. The highest BCUT2D eigenvalue weighted by molar-refractivity contribution is 6.30. The van der Waals surface area contributed by atoms with Crippen molar-refractivity contribution in [1.82, 2.24) is 19.8 Å². The number of carbonyl (C=O) groups is 1. The maximum atomic E-state index is 13.0. The van der Waals surface area contributed by atoms with Gasteiger partial charge >= 0.3 is 0 Å². The standard InChI is InChI=1S/C29H38ClN5O2.2ClH/c1-5-7-27-32-28(22(4)35(27)24-12-10-23(30)11-13-24)29(37)31-18-25(36)19-33-14-16-34(17-15-33)26-9-6-8-20(2)21(26)3;;/h6,8-13,25,36H,5,7,14-19H2,1-4H3,(H,31,37);2*1H. The largest absolute Gasteiger partial charge is 0.390 e. The molecule has 1 aromatic heterocycles. The van der Waals surface area contributed by atoms with Crippen LogP contribution in [0.15, 0.2) is 42.5 Å². The lowest BCUT2D eigenvalue weighted by Crippen LogP contribution is -2.50. The number of amides is 1. The van der Waals surface area contributed by atoms with Crippen LogP contribution in [-0.4, -0.2) is 70.8 Å². The Balaban J connectivity index is 0.00000267. The Hall–Kier alpha value is -2.29. The predicted molar refractivity (Wildman–Crippen MR) is 165 cm³/mol. The molecule has 2 heterocycles. The summed E-state index contributed by atoms with van der Waals surface area (Å²) in [6.45, 7) is 12.6. The number of hydrogen-bond acceptors (Lipinski definition) is 5. The molecular formula is C29H40Cl3N5O2. The molecule has 0 aliphatic carbocycles. The van der Waals surface area contributed by atoms with E-state index in [1.807, 2.05) is 35.8 Å². The Kier molecular flexibility index (Phi) is 12.6. The van der Waals surface area contributed by atoms with E-state index in [4.69, 9.17) is 11.6 Å². The second kappa shape index (κ2) is 14.9. The lowest BCUT2D eigenvalue weighted by atomic mass is 10.1. The average molecular weight is 597 g/mol. The van der Waals surface area contributed by atoms with Crippen molar-refractivity contribution in [2.24, 2.45) is 0 Å². The fraction of sp³-hybridized carbons (Fsp3) is 0.448. The fourth-order valence-electron chi connectivity index (χ4n) is 5.01. The van der Waals surface area contributed by atoms with Crippen LogP contribution in [0.25, 0.3) is 5.69 Å². The van der Waals surface area contributed by atoms with Gasteiger partial charge in [-0.25, -0.2) is 4.98 Å². The number of aromatic nitrogens is 2. The second-order valence-corrected chi connectivity index (χ2v) is 10.3. The first-order chi connectivity index (χ1) is 17.8. The number of benzene rings is 2. The summed E-state index contributed by atoms with van der Waals surface area (Å²) in [6.07, 6.45) is 1.03. The van der Waals surface area contributed by atoms with Gasteiger partial charge < -0.3 is 19.9 Å². The van der Waals surface area contributed by atoms with E-state index in [0.717, 1.165) is 56.2 Å². The molecule has 1 amide bonds. The van der Waals surface area contributed by atoms with Gasteiger partial charge in [-0.15, -0.1) is 24.8 Å². The summed E-state index contributed by atoms with van der Waals surface area (Å²) in [5.74, 6) is 0.580. The molecule has 0 saturated carbocycles. The van der Waals surface area contributed by atoms with Gasteiger partial charge in [0.2, 0.25) is 0 Å². The van der Waals surface area contributed by atoms with Gasteiger partial charge in [0.05, 0.1) is 11.8 Å². The number of β-amino-alcohol motifs (C(OH)–C–C–N with tert-alkyl or cyclic N) is 1. The Morgan fingerprint density at radius 2 is 1.72 bits per heavy atom. The van der Waals surface area contributed by atoms with E-state index < -0.39 is 6.10 Å². The minimum absolute atomic E-state index is 0. The van der Waals surface area contributed by atoms with E-state index in [1.165, 1.54) is 16.8 Å². The molecule has 3 aromatic rings. The smallest absolute Gasteiger partial charge is 0.271 e. The Morgan fingerprint density at radius 3 is 2.36 bits per heavy atom. The van der Waals surface area contributed by atoms with E-state index in [1.54, 1.807) is 0 Å². The van der Waals surface area contributed by atoms with Crippen LogP contribution in [0.3, 0.4) is 0 Å². The van der Waals surface area contributed by atoms with E-state index in [-0.39, 0.29) is 37.3 Å². The van der Waals surface area contributed by atoms with Crippen molar-refractivity contribution in [3.63, 3.8) is 0 Å². The number of carbonyl (C=O) groups excluding carboxylic acids is 1. The topological polar surface area (TPSA) is 73.6 Å². The zero-order valence-corrected chi connectivity index (χ0v) is 25.5. The third kappa shape index (κ3) is 7.89. The van der Waals surface area contributed by atoms with E-state index in [2.05, 4.69) is 59.1 Å². The summed E-state index contributed by atoms with van der Waals surface area (Å²) in [6, 6.07) is 14.0. The third-order valence-corrected chi connectivity index (χ3v) is 7.46. The Morgan fingerprint density at radius 1 is 1.05 bits per heavy atom. The Labute approximate surface area is 249 Å². The monoisotopic (exact) mass is 595 g/mol. The first-order valence-electron chi connectivity index (χ1n) is 13.1. The number of aryl methyl sites for hydroxylation is 2.